The zero-order chi connectivity index (χ0) is 13.9. The third-order valence-corrected chi connectivity index (χ3v) is 3.58. The van der Waals surface area contributed by atoms with Crippen LogP contribution in [0.25, 0.3) is 11.1 Å². The predicted molar refractivity (Wildman–Crippen MR) is 82.4 cm³/mol. The summed E-state index contributed by atoms with van der Waals surface area (Å²) in [6.07, 6.45) is 0. The van der Waals surface area contributed by atoms with Crippen LogP contribution in [0, 0.1) is 0 Å². The summed E-state index contributed by atoms with van der Waals surface area (Å²) in [7, 11) is 0. The highest BCUT2D eigenvalue weighted by Gasteiger charge is 2.11. The summed E-state index contributed by atoms with van der Waals surface area (Å²) in [5.41, 5.74) is 10.4. The Morgan fingerprint density at radius 2 is 1.70 bits per heavy atom. The van der Waals surface area contributed by atoms with Crippen molar-refractivity contribution in [3.63, 3.8) is 0 Å². The molecule has 0 aliphatic heterocycles. The maximum Gasteiger partial charge on any atom is 0.145 e. The molecule has 1 aromatic heterocycles. The van der Waals surface area contributed by atoms with Gasteiger partial charge in [-0.2, -0.15) is 5.10 Å². The normalized spacial score (nSPS) is 12.2. The Bertz CT molecular complexity index is 701. The fourth-order valence-corrected chi connectivity index (χ4v) is 2.37. The monoisotopic (exact) mass is 263 g/mol. The third-order valence-electron chi connectivity index (χ3n) is 3.58. The number of aromatic amines is 1. The molecule has 1 heterocycles. The molecule has 3 heteroatoms. The summed E-state index contributed by atoms with van der Waals surface area (Å²) in [5, 5.41) is 6.98. The standard InChI is InChI=1S/C17H17N3/c1-12(16-11-17(18)20-19-16)14-8-5-9-15(10-14)13-6-3-2-4-7-13/h2-12H,1H3,(H3,18,19,20). The van der Waals surface area contributed by atoms with Crippen molar-refractivity contribution in [3.05, 3.63) is 71.9 Å². The van der Waals surface area contributed by atoms with E-state index in [9.17, 15) is 0 Å². The molecule has 0 amide bonds. The van der Waals surface area contributed by atoms with E-state index < -0.39 is 0 Å². The van der Waals surface area contributed by atoms with Gasteiger partial charge < -0.3 is 5.73 Å². The van der Waals surface area contributed by atoms with Crippen molar-refractivity contribution in [1.29, 1.82) is 0 Å². The van der Waals surface area contributed by atoms with E-state index >= 15 is 0 Å². The minimum atomic E-state index is 0.239. The van der Waals surface area contributed by atoms with E-state index in [2.05, 4.69) is 65.7 Å². The summed E-state index contributed by atoms with van der Waals surface area (Å²) >= 11 is 0. The van der Waals surface area contributed by atoms with E-state index in [1.165, 1.54) is 16.7 Å². The van der Waals surface area contributed by atoms with Gasteiger partial charge in [-0.1, -0.05) is 61.5 Å². The first-order valence-corrected chi connectivity index (χ1v) is 6.70. The second-order valence-electron chi connectivity index (χ2n) is 4.96. The Kier molecular flexibility index (Phi) is 3.25. The Balaban J connectivity index is 1.95. The van der Waals surface area contributed by atoms with Crippen molar-refractivity contribution >= 4 is 5.82 Å². The summed E-state index contributed by atoms with van der Waals surface area (Å²) in [5.74, 6) is 0.773. The van der Waals surface area contributed by atoms with Gasteiger partial charge in [0.25, 0.3) is 0 Å². The van der Waals surface area contributed by atoms with Gasteiger partial charge in [0.15, 0.2) is 0 Å². The number of hydrogen-bond acceptors (Lipinski definition) is 2. The number of benzene rings is 2. The van der Waals surface area contributed by atoms with E-state index in [0.29, 0.717) is 5.82 Å². The van der Waals surface area contributed by atoms with E-state index in [1.807, 2.05) is 12.1 Å². The molecule has 0 spiro atoms. The predicted octanol–water partition coefficient (Wildman–Crippen LogP) is 3.81. The van der Waals surface area contributed by atoms with Gasteiger partial charge in [0.2, 0.25) is 0 Å². The molecule has 1 atom stereocenters. The van der Waals surface area contributed by atoms with Crippen LogP contribution in [-0.2, 0) is 0 Å². The minimum absolute atomic E-state index is 0.239. The number of anilines is 1. The van der Waals surface area contributed by atoms with Crippen LogP contribution < -0.4 is 5.73 Å². The maximum atomic E-state index is 5.67. The summed E-state index contributed by atoms with van der Waals surface area (Å²) in [6, 6.07) is 20.9. The summed E-state index contributed by atoms with van der Waals surface area (Å²) in [6.45, 7) is 2.15. The van der Waals surface area contributed by atoms with Crippen LogP contribution in [0.1, 0.15) is 24.1 Å². The second-order valence-corrected chi connectivity index (χ2v) is 4.96. The summed E-state index contributed by atoms with van der Waals surface area (Å²) < 4.78 is 0. The van der Waals surface area contributed by atoms with Gasteiger partial charge in [0.1, 0.15) is 5.82 Å². The highest BCUT2D eigenvalue weighted by atomic mass is 15.2. The van der Waals surface area contributed by atoms with Crippen molar-refractivity contribution in [1.82, 2.24) is 10.2 Å². The SMILES string of the molecule is CC(c1cccc(-c2ccccc2)c1)c1cc(N)n[nH]1. The molecule has 0 bridgehead atoms. The molecule has 0 aliphatic carbocycles. The van der Waals surface area contributed by atoms with E-state index in [1.54, 1.807) is 0 Å². The molecule has 3 rings (SSSR count). The van der Waals surface area contributed by atoms with Gasteiger partial charge in [-0.3, -0.25) is 5.10 Å². The first kappa shape index (κ1) is 12.5. The molecule has 2 aromatic carbocycles. The van der Waals surface area contributed by atoms with Gasteiger partial charge in [0.05, 0.1) is 0 Å². The van der Waals surface area contributed by atoms with Crippen molar-refractivity contribution in [3.8, 4) is 11.1 Å². The Hall–Kier alpha value is -2.55. The average Bonchev–Trinajstić information content (AvgIpc) is 2.94. The number of nitrogens with one attached hydrogen (secondary N) is 1. The lowest BCUT2D eigenvalue weighted by Crippen LogP contribution is -1.96. The minimum Gasteiger partial charge on any atom is -0.382 e. The molecule has 3 nitrogen and oxygen atoms in total. The largest absolute Gasteiger partial charge is 0.382 e. The molecule has 0 saturated heterocycles. The van der Waals surface area contributed by atoms with Crippen LogP contribution in [-0.4, -0.2) is 10.2 Å². The maximum absolute atomic E-state index is 5.67. The second kappa shape index (κ2) is 5.21. The number of nitrogens with two attached hydrogens (primary N) is 1. The number of nitrogen functional groups attached to an aromatic ring is 1. The first-order valence-electron chi connectivity index (χ1n) is 6.70. The van der Waals surface area contributed by atoms with Crippen LogP contribution in [0.3, 0.4) is 0 Å². The van der Waals surface area contributed by atoms with Crippen molar-refractivity contribution in [2.24, 2.45) is 0 Å². The molecule has 0 saturated carbocycles. The van der Waals surface area contributed by atoms with Gasteiger partial charge >= 0.3 is 0 Å². The fourth-order valence-electron chi connectivity index (χ4n) is 2.37. The van der Waals surface area contributed by atoms with Gasteiger partial charge in [-0.25, -0.2) is 0 Å². The number of H-pyrrole nitrogens is 1. The van der Waals surface area contributed by atoms with E-state index in [-0.39, 0.29) is 5.92 Å². The first-order chi connectivity index (χ1) is 9.74. The fraction of sp³-hybridized carbons (Fsp3) is 0.118. The number of rotatable bonds is 3. The van der Waals surface area contributed by atoms with E-state index in [4.69, 9.17) is 5.73 Å². The molecule has 0 aliphatic rings. The Morgan fingerprint density at radius 3 is 2.40 bits per heavy atom. The molecule has 1 unspecified atom stereocenters. The topological polar surface area (TPSA) is 54.7 Å². The van der Waals surface area contributed by atoms with Crippen LogP contribution in [0.15, 0.2) is 60.7 Å². The summed E-state index contributed by atoms with van der Waals surface area (Å²) in [4.78, 5) is 0. The van der Waals surface area contributed by atoms with Crippen LogP contribution in [0.5, 0.6) is 0 Å². The lowest BCUT2D eigenvalue weighted by atomic mass is 9.94. The number of nitrogens with zero attached hydrogens (tertiary/aromatic N) is 1. The molecule has 3 N–H and O–H groups in total. The van der Waals surface area contributed by atoms with Gasteiger partial charge in [-0.05, 0) is 16.7 Å². The van der Waals surface area contributed by atoms with Crippen molar-refractivity contribution in [2.75, 3.05) is 5.73 Å². The molecular formula is C17H17N3. The quantitative estimate of drug-likeness (QED) is 0.755. The van der Waals surface area contributed by atoms with Crippen LogP contribution in [0.2, 0.25) is 0 Å². The van der Waals surface area contributed by atoms with Gasteiger partial charge in [0, 0.05) is 17.7 Å². The molecule has 3 aromatic rings. The molecule has 0 fully saturated rings. The lowest BCUT2D eigenvalue weighted by molar-refractivity contribution is 0.855. The highest BCUT2D eigenvalue weighted by Crippen LogP contribution is 2.27. The zero-order valence-electron chi connectivity index (χ0n) is 11.4. The van der Waals surface area contributed by atoms with Crippen LogP contribution in [0.4, 0.5) is 5.82 Å². The molecule has 100 valence electrons. The van der Waals surface area contributed by atoms with Crippen LogP contribution >= 0.6 is 0 Å². The third kappa shape index (κ3) is 2.43. The lowest BCUT2D eigenvalue weighted by Gasteiger charge is -2.11. The van der Waals surface area contributed by atoms with Crippen molar-refractivity contribution in [2.45, 2.75) is 12.8 Å². The number of aromatic nitrogens is 2. The number of hydrogen-bond donors (Lipinski definition) is 2. The smallest absolute Gasteiger partial charge is 0.145 e. The molecule has 0 radical (unpaired) electrons. The molecular weight excluding hydrogens is 246 g/mol. The Labute approximate surface area is 118 Å². The van der Waals surface area contributed by atoms with Gasteiger partial charge in [-0.15, -0.1) is 0 Å². The van der Waals surface area contributed by atoms with E-state index in [0.717, 1.165) is 5.69 Å². The average molecular weight is 263 g/mol. The van der Waals surface area contributed by atoms with Crippen molar-refractivity contribution < 1.29 is 0 Å². The Morgan fingerprint density at radius 1 is 0.950 bits per heavy atom. The highest BCUT2D eigenvalue weighted by molar-refractivity contribution is 5.64. The molecule has 20 heavy (non-hydrogen) atoms. The zero-order valence-corrected chi connectivity index (χ0v) is 11.4.